The van der Waals surface area contributed by atoms with Gasteiger partial charge >= 0.3 is 5.97 Å². The number of carbonyl (C=O) groups is 2. The molecule has 5 nitrogen and oxygen atoms in total. The lowest BCUT2D eigenvalue weighted by molar-refractivity contribution is -0.140. The molecule has 1 amide bonds. The van der Waals surface area contributed by atoms with E-state index in [9.17, 15) is 9.59 Å². The number of hydrogen-bond acceptors (Lipinski definition) is 4. The Kier molecular flexibility index (Phi) is 4.44. The van der Waals surface area contributed by atoms with E-state index < -0.39 is 0 Å². The number of rotatable bonds is 4. The molecule has 1 saturated carbocycles. The maximum absolute atomic E-state index is 12.0. The van der Waals surface area contributed by atoms with Gasteiger partial charge in [0, 0.05) is 16.9 Å². The summed E-state index contributed by atoms with van der Waals surface area (Å²) in [6.07, 6.45) is 2.12. The molecule has 1 aliphatic rings. The summed E-state index contributed by atoms with van der Waals surface area (Å²) >= 11 is 4.91. The van der Waals surface area contributed by atoms with Crippen molar-refractivity contribution in [2.75, 3.05) is 7.11 Å². The van der Waals surface area contributed by atoms with E-state index in [4.69, 9.17) is 4.74 Å². The number of aromatic nitrogens is 1. The smallest absolute Gasteiger partial charge is 0.307 e. The van der Waals surface area contributed by atoms with Crippen LogP contribution in [0.4, 0.5) is 0 Å². The number of nitrogens with zero attached hydrogens (tertiary/aromatic N) is 2. The lowest BCUT2D eigenvalue weighted by Gasteiger charge is -2.04. The van der Waals surface area contributed by atoms with Crippen molar-refractivity contribution in [3.05, 3.63) is 27.5 Å². The zero-order valence-electron chi connectivity index (χ0n) is 12.0. The number of esters is 1. The van der Waals surface area contributed by atoms with Crippen LogP contribution in [0, 0.1) is 5.92 Å². The van der Waals surface area contributed by atoms with Crippen molar-refractivity contribution in [2.24, 2.45) is 10.9 Å². The first-order chi connectivity index (χ1) is 10.6. The molecule has 0 unspecified atom stereocenters. The highest BCUT2D eigenvalue weighted by Gasteiger charge is 2.29. The molecule has 0 saturated heterocycles. The molecule has 0 bridgehead atoms. The van der Waals surface area contributed by atoms with E-state index in [1.165, 1.54) is 18.4 Å². The first-order valence-electron chi connectivity index (χ1n) is 7.03. The quantitative estimate of drug-likeness (QED) is 0.763. The van der Waals surface area contributed by atoms with Gasteiger partial charge in [0.2, 0.25) is 0 Å². The number of hydrogen-bond donors (Lipinski definition) is 0. The summed E-state index contributed by atoms with van der Waals surface area (Å²) in [6.45, 7) is 0.449. The Morgan fingerprint density at radius 1 is 1.45 bits per heavy atom. The molecule has 0 spiro atoms. The molecule has 116 valence electrons. The number of halogens is 1. The zero-order valence-corrected chi connectivity index (χ0v) is 14.4. The van der Waals surface area contributed by atoms with Crippen molar-refractivity contribution < 1.29 is 14.3 Å². The average molecular weight is 383 g/mol. The molecule has 0 aliphatic heterocycles. The molecule has 1 aromatic heterocycles. The van der Waals surface area contributed by atoms with Gasteiger partial charge in [-0.15, -0.1) is 0 Å². The van der Waals surface area contributed by atoms with Crippen LogP contribution in [0.2, 0.25) is 0 Å². The van der Waals surface area contributed by atoms with Gasteiger partial charge in [-0.3, -0.25) is 9.59 Å². The average Bonchev–Trinajstić information content (AvgIpc) is 3.29. The Hall–Kier alpha value is -1.47. The Labute approximate surface area is 139 Å². The van der Waals surface area contributed by atoms with Gasteiger partial charge in [-0.25, -0.2) is 0 Å². The molecule has 0 atom stereocenters. The first kappa shape index (κ1) is 15.4. The SMILES string of the molecule is COC(=O)CCn1c(=NC(=O)C2CC2)sc2cc(Br)ccc21. The number of thiazole rings is 1. The zero-order chi connectivity index (χ0) is 15.7. The Balaban J connectivity index is 2.04. The van der Waals surface area contributed by atoms with E-state index in [0.717, 1.165) is 27.5 Å². The van der Waals surface area contributed by atoms with Gasteiger partial charge in [-0.2, -0.15) is 4.99 Å². The van der Waals surface area contributed by atoms with Gasteiger partial charge in [-0.1, -0.05) is 27.3 Å². The Bertz CT molecular complexity index is 805. The molecule has 22 heavy (non-hydrogen) atoms. The predicted molar refractivity (Wildman–Crippen MR) is 87.4 cm³/mol. The molecule has 2 aromatic rings. The van der Waals surface area contributed by atoms with Gasteiger partial charge in [0.1, 0.15) is 0 Å². The van der Waals surface area contributed by atoms with Gasteiger partial charge in [-0.05, 0) is 31.0 Å². The van der Waals surface area contributed by atoms with Crippen LogP contribution in [0.25, 0.3) is 10.2 Å². The highest BCUT2D eigenvalue weighted by Crippen LogP contribution is 2.30. The van der Waals surface area contributed by atoms with Crippen LogP contribution in [-0.2, 0) is 20.9 Å². The van der Waals surface area contributed by atoms with Crippen molar-refractivity contribution in [1.29, 1.82) is 0 Å². The first-order valence-corrected chi connectivity index (χ1v) is 8.63. The van der Waals surface area contributed by atoms with E-state index >= 15 is 0 Å². The third kappa shape index (κ3) is 3.30. The molecule has 1 fully saturated rings. The van der Waals surface area contributed by atoms with Crippen LogP contribution in [-0.4, -0.2) is 23.6 Å². The summed E-state index contributed by atoms with van der Waals surface area (Å²) < 4.78 is 8.62. The summed E-state index contributed by atoms with van der Waals surface area (Å²) in [5, 5.41) is 0. The second-order valence-corrected chi connectivity index (χ2v) is 7.12. The van der Waals surface area contributed by atoms with Crippen LogP contribution in [0.5, 0.6) is 0 Å². The fourth-order valence-corrected chi connectivity index (χ4v) is 3.78. The molecule has 7 heteroatoms. The van der Waals surface area contributed by atoms with Crippen molar-refractivity contribution in [2.45, 2.75) is 25.8 Å². The highest BCUT2D eigenvalue weighted by atomic mass is 79.9. The number of ether oxygens (including phenoxy) is 1. The summed E-state index contributed by atoms with van der Waals surface area (Å²) in [7, 11) is 1.37. The van der Waals surface area contributed by atoms with Crippen LogP contribution in [0.15, 0.2) is 27.7 Å². The minimum Gasteiger partial charge on any atom is -0.469 e. The molecular weight excluding hydrogens is 368 g/mol. The lowest BCUT2D eigenvalue weighted by atomic mass is 10.3. The van der Waals surface area contributed by atoms with E-state index in [1.54, 1.807) is 0 Å². The minimum atomic E-state index is -0.275. The third-order valence-corrected chi connectivity index (χ3v) is 5.08. The molecule has 1 aromatic carbocycles. The second kappa shape index (κ2) is 6.34. The number of aryl methyl sites for hydroxylation is 1. The maximum Gasteiger partial charge on any atom is 0.307 e. The van der Waals surface area contributed by atoms with Crippen molar-refractivity contribution in [1.82, 2.24) is 4.57 Å². The number of fused-ring (bicyclic) bond motifs is 1. The molecule has 1 heterocycles. The summed E-state index contributed by atoms with van der Waals surface area (Å²) in [6, 6.07) is 5.90. The summed E-state index contributed by atoms with van der Waals surface area (Å²) in [4.78, 5) is 28.3. The Morgan fingerprint density at radius 3 is 2.91 bits per heavy atom. The van der Waals surface area contributed by atoms with E-state index in [2.05, 4.69) is 20.9 Å². The van der Waals surface area contributed by atoms with Crippen LogP contribution in [0.1, 0.15) is 19.3 Å². The van der Waals surface area contributed by atoms with Gasteiger partial charge < -0.3 is 9.30 Å². The standard InChI is InChI=1S/C15H15BrN2O3S/c1-21-13(19)6-7-18-11-5-4-10(16)8-12(11)22-15(18)17-14(20)9-2-3-9/h4-5,8-9H,2-3,6-7H2,1H3. The summed E-state index contributed by atoms with van der Waals surface area (Å²) in [5.74, 6) is -0.244. The number of amides is 1. The fraction of sp³-hybridized carbons (Fsp3) is 0.400. The van der Waals surface area contributed by atoms with Crippen molar-refractivity contribution in [3.8, 4) is 0 Å². The summed E-state index contributed by atoms with van der Waals surface area (Å²) in [5.41, 5.74) is 0.972. The van der Waals surface area contributed by atoms with Crippen LogP contribution >= 0.6 is 27.3 Å². The molecule has 0 radical (unpaired) electrons. The van der Waals surface area contributed by atoms with E-state index in [1.807, 2.05) is 22.8 Å². The van der Waals surface area contributed by atoms with E-state index in [-0.39, 0.29) is 24.2 Å². The van der Waals surface area contributed by atoms with E-state index in [0.29, 0.717) is 11.3 Å². The van der Waals surface area contributed by atoms with Gasteiger partial charge in [0.05, 0.1) is 23.7 Å². The highest BCUT2D eigenvalue weighted by molar-refractivity contribution is 9.10. The lowest BCUT2D eigenvalue weighted by Crippen LogP contribution is -2.19. The molecule has 0 N–H and O–H groups in total. The molecule has 1 aliphatic carbocycles. The predicted octanol–water partition coefficient (Wildman–Crippen LogP) is 2.87. The molecular formula is C15H15BrN2O3S. The third-order valence-electron chi connectivity index (χ3n) is 3.54. The fourth-order valence-electron chi connectivity index (χ4n) is 2.17. The van der Waals surface area contributed by atoms with Gasteiger partial charge in [0.15, 0.2) is 4.80 Å². The topological polar surface area (TPSA) is 60.7 Å². The number of benzene rings is 1. The maximum atomic E-state index is 12.0. The normalized spacial score (nSPS) is 15.3. The number of methoxy groups -OCH3 is 1. The van der Waals surface area contributed by atoms with Gasteiger partial charge in [0.25, 0.3) is 5.91 Å². The van der Waals surface area contributed by atoms with Crippen LogP contribution in [0.3, 0.4) is 0 Å². The molecule has 3 rings (SSSR count). The Morgan fingerprint density at radius 2 is 2.23 bits per heavy atom. The van der Waals surface area contributed by atoms with Crippen molar-refractivity contribution >= 4 is 49.4 Å². The second-order valence-electron chi connectivity index (χ2n) is 5.20. The largest absolute Gasteiger partial charge is 0.469 e. The van der Waals surface area contributed by atoms with Crippen LogP contribution < -0.4 is 4.80 Å². The van der Waals surface area contributed by atoms with Crippen molar-refractivity contribution in [3.63, 3.8) is 0 Å². The monoisotopic (exact) mass is 382 g/mol. The number of carbonyl (C=O) groups excluding carboxylic acids is 2. The minimum absolute atomic E-state index is 0.0579.